The van der Waals surface area contributed by atoms with E-state index in [0.717, 1.165) is 0 Å². The second kappa shape index (κ2) is 8.34. The number of benzene rings is 1. The molecule has 0 aliphatic carbocycles. The Labute approximate surface area is 112 Å². The SMILES string of the molecule is CCOC[CH]OOC(=O)c1ccc(OC)c(OC)c1. The number of carbonyl (C=O) groups is 1. The fraction of sp³-hybridized carbons (Fsp3) is 0.385. The zero-order chi connectivity index (χ0) is 14.1. The van der Waals surface area contributed by atoms with Gasteiger partial charge in [-0.3, -0.25) is 4.89 Å². The third-order valence-corrected chi connectivity index (χ3v) is 2.20. The highest BCUT2D eigenvalue weighted by Crippen LogP contribution is 2.27. The summed E-state index contributed by atoms with van der Waals surface area (Å²) in [5.74, 6) is 0.340. The number of carbonyl (C=O) groups excluding carboxylic acids is 1. The molecule has 1 aromatic rings. The highest BCUT2D eigenvalue weighted by molar-refractivity contribution is 5.89. The summed E-state index contributed by atoms with van der Waals surface area (Å²) in [5.41, 5.74) is 0.294. The first-order valence-electron chi connectivity index (χ1n) is 5.72. The van der Waals surface area contributed by atoms with Crippen LogP contribution in [0.1, 0.15) is 17.3 Å². The van der Waals surface area contributed by atoms with Gasteiger partial charge in [-0.2, -0.15) is 4.89 Å². The van der Waals surface area contributed by atoms with Gasteiger partial charge in [-0.25, -0.2) is 4.79 Å². The van der Waals surface area contributed by atoms with Gasteiger partial charge >= 0.3 is 5.97 Å². The first kappa shape index (κ1) is 15.3. The van der Waals surface area contributed by atoms with Crippen LogP contribution in [0.3, 0.4) is 0 Å². The van der Waals surface area contributed by atoms with Crippen molar-refractivity contribution in [2.75, 3.05) is 27.4 Å². The number of hydrogen-bond donors (Lipinski definition) is 0. The van der Waals surface area contributed by atoms with E-state index in [9.17, 15) is 4.79 Å². The van der Waals surface area contributed by atoms with E-state index in [2.05, 4.69) is 9.78 Å². The third-order valence-electron chi connectivity index (χ3n) is 2.20. The van der Waals surface area contributed by atoms with Crippen molar-refractivity contribution in [1.29, 1.82) is 0 Å². The molecule has 0 amide bonds. The molecule has 105 valence electrons. The number of rotatable bonds is 8. The molecule has 6 heteroatoms. The molecule has 1 radical (unpaired) electrons. The van der Waals surface area contributed by atoms with Crippen molar-refractivity contribution in [2.24, 2.45) is 0 Å². The lowest BCUT2D eigenvalue weighted by Gasteiger charge is -2.08. The summed E-state index contributed by atoms with van der Waals surface area (Å²) < 4.78 is 15.1. The van der Waals surface area contributed by atoms with E-state index in [1.54, 1.807) is 12.1 Å². The van der Waals surface area contributed by atoms with Crippen molar-refractivity contribution in [2.45, 2.75) is 6.92 Å². The predicted molar refractivity (Wildman–Crippen MR) is 66.8 cm³/mol. The number of hydrogen-bond acceptors (Lipinski definition) is 6. The molecule has 0 aromatic heterocycles. The van der Waals surface area contributed by atoms with Gasteiger partial charge in [0.25, 0.3) is 0 Å². The molecule has 6 nitrogen and oxygen atoms in total. The first-order valence-corrected chi connectivity index (χ1v) is 5.72. The Hall–Kier alpha value is -1.79. The summed E-state index contributed by atoms with van der Waals surface area (Å²) in [7, 11) is 3.00. The van der Waals surface area contributed by atoms with E-state index in [0.29, 0.717) is 23.7 Å². The molecule has 1 aromatic carbocycles. The van der Waals surface area contributed by atoms with Gasteiger partial charge in [0.2, 0.25) is 0 Å². The minimum atomic E-state index is -0.631. The van der Waals surface area contributed by atoms with Gasteiger partial charge < -0.3 is 14.2 Å². The molecule has 0 aliphatic rings. The van der Waals surface area contributed by atoms with Crippen LogP contribution in [0, 0.1) is 6.61 Å². The summed E-state index contributed by atoms with van der Waals surface area (Å²) >= 11 is 0. The van der Waals surface area contributed by atoms with Crippen molar-refractivity contribution in [1.82, 2.24) is 0 Å². The van der Waals surface area contributed by atoms with E-state index in [-0.39, 0.29) is 6.61 Å². The Balaban J connectivity index is 2.52. The van der Waals surface area contributed by atoms with Crippen LogP contribution < -0.4 is 9.47 Å². The highest BCUT2D eigenvalue weighted by atomic mass is 17.2. The molecule has 0 atom stereocenters. The van der Waals surface area contributed by atoms with E-state index >= 15 is 0 Å². The minimum absolute atomic E-state index is 0.246. The molecule has 1 rings (SSSR count). The lowest BCUT2D eigenvalue weighted by Crippen LogP contribution is -2.07. The van der Waals surface area contributed by atoms with Gasteiger partial charge in [-0.15, -0.1) is 0 Å². The molecule has 0 aliphatic heterocycles. The molecule has 0 bridgehead atoms. The topological polar surface area (TPSA) is 63.2 Å². The van der Waals surface area contributed by atoms with Gasteiger partial charge in [0.1, 0.15) is 0 Å². The lowest BCUT2D eigenvalue weighted by molar-refractivity contribution is -0.218. The Morgan fingerprint density at radius 1 is 1.21 bits per heavy atom. The fourth-order valence-corrected chi connectivity index (χ4v) is 1.28. The Morgan fingerprint density at radius 3 is 2.58 bits per heavy atom. The van der Waals surface area contributed by atoms with Crippen LogP contribution in [0.25, 0.3) is 0 Å². The molecular formula is C13H17O6. The molecule has 0 N–H and O–H groups in total. The van der Waals surface area contributed by atoms with Crippen LogP contribution >= 0.6 is 0 Å². The highest BCUT2D eigenvalue weighted by Gasteiger charge is 2.12. The quantitative estimate of drug-likeness (QED) is 0.408. The average molecular weight is 269 g/mol. The van der Waals surface area contributed by atoms with E-state index in [4.69, 9.17) is 14.2 Å². The van der Waals surface area contributed by atoms with Crippen molar-refractivity contribution in [3.8, 4) is 11.5 Å². The number of methoxy groups -OCH3 is 2. The maximum absolute atomic E-state index is 11.6. The van der Waals surface area contributed by atoms with Crippen molar-refractivity contribution < 1.29 is 28.8 Å². The van der Waals surface area contributed by atoms with Crippen molar-refractivity contribution in [3.63, 3.8) is 0 Å². The molecule has 19 heavy (non-hydrogen) atoms. The zero-order valence-corrected chi connectivity index (χ0v) is 11.2. The second-order valence-corrected chi connectivity index (χ2v) is 3.36. The Bertz CT molecular complexity index is 404. The summed E-state index contributed by atoms with van der Waals surface area (Å²) in [6.45, 7) is 3.91. The first-order chi connectivity index (χ1) is 9.22. The largest absolute Gasteiger partial charge is 0.493 e. The summed E-state index contributed by atoms with van der Waals surface area (Å²) in [4.78, 5) is 20.8. The monoisotopic (exact) mass is 269 g/mol. The molecule has 0 saturated heterocycles. The second-order valence-electron chi connectivity index (χ2n) is 3.36. The van der Waals surface area contributed by atoms with Gasteiger partial charge in [0, 0.05) is 6.61 Å². The summed E-state index contributed by atoms with van der Waals surface area (Å²) in [6, 6.07) is 4.67. The molecule has 0 heterocycles. The smallest absolute Gasteiger partial charge is 0.373 e. The van der Waals surface area contributed by atoms with Gasteiger partial charge in [0.05, 0.1) is 26.4 Å². The maximum atomic E-state index is 11.6. The van der Waals surface area contributed by atoms with Crippen LogP contribution in [0.5, 0.6) is 11.5 Å². The predicted octanol–water partition coefficient (Wildman–Crippen LogP) is 1.99. The van der Waals surface area contributed by atoms with E-state index in [1.165, 1.54) is 26.9 Å². The summed E-state index contributed by atoms with van der Waals surface area (Å²) in [6.07, 6.45) is 0. The maximum Gasteiger partial charge on any atom is 0.373 e. The normalized spacial score (nSPS) is 10.1. The van der Waals surface area contributed by atoms with Crippen LogP contribution in [-0.2, 0) is 14.5 Å². The minimum Gasteiger partial charge on any atom is -0.493 e. The van der Waals surface area contributed by atoms with Gasteiger partial charge in [-0.1, -0.05) is 0 Å². The lowest BCUT2D eigenvalue weighted by atomic mass is 10.2. The van der Waals surface area contributed by atoms with Crippen molar-refractivity contribution in [3.05, 3.63) is 30.4 Å². The van der Waals surface area contributed by atoms with Crippen molar-refractivity contribution >= 4 is 5.97 Å². The van der Waals surface area contributed by atoms with Gasteiger partial charge in [-0.05, 0) is 25.1 Å². The van der Waals surface area contributed by atoms with Crippen LogP contribution in [-0.4, -0.2) is 33.4 Å². The fourth-order valence-electron chi connectivity index (χ4n) is 1.28. The van der Waals surface area contributed by atoms with Crippen LogP contribution in [0.15, 0.2) is 18.2 Å². The molecule has 0 saturated carbocycles. The molecule has 0 spiro atoms. The number of ether oxygens (including phenoxy) is 3. The third kappa shape index (κ3) is 4.76. The van der Waals surface area contributed by atoms with E-state index < -0.39 is 5.97 Å². The average Bonchev–Trinajstić information content (AvgIpc) is 2.46. The zero-order valence-electron chi connectivity index (χ0n) is 11.2. The van der Waals surface area contributed by atoms with Crippen LogP contribution in [0.2, 0.25) is 0 Å². The molecular weight excluding hydrogens is 252 g/mol. The standard InChI is InChI=1S/C13H17O6/c1-4-17-7-8-18-19-13(14)10-5-6-11(15-2)12(9-10)16-3/h5-6,8-9H,4,7H2,1-3H3. The van der Waals surface area contributed by atoms with E-state index in [1.807, 2.05) is 6.92 Å². The van der Waals surface area contributed by atoms with Gasteiger partial charge in [0.15, 0.2) is 18.1 Å². The van der Waals surface area contributed by atoms with Crippen LogP contribution in [0.4, 0.5) is 0 Å². The Kier molecular flexibility index (Phi) is 6.70. The Morgan fingerprint density at radius 2 is 1.95 bits per heavy atom. The summed E-state index contributed by atoms with van der Waals surface area (Å²) in [5, 5.41) is 0. The molecule has 0 fully saturated rings. The molecule has 0 unspecified atom stereocenters.